The molecule has 126 valence electrons. The van der Waals surface area contributed by atoms with Crippen LogP contribution < -0.4 is 10.2 Å². The van der Waals surface area contributed by atoms with Crippen molar-refractivity contribution in [2.75, 3.05) is 56.6 Å². The van der Waals surface area contributed by atoms with E-state index in [0.717, 1.165) is 54.1 Å². The number of aliphatic hydroxyl groups excluding tert-OH is 1. The Morgan fingerprint density at radius 1 is 1.17 bits per heavy atom. The Kier molecular flexibility index (Phi) is 3.95. The largest absolute Gasteiger partial charge is 0.450 e. The van der Waals surface area contributed by atoms with E-state index in [-0.39, 0.29) is 6.61 Å². The average Bonchev–Trinajstić information content (AvgIpc) is 2.99. The number of aromatic nitrogens is 2. The normalized spacial score (nSPS) is 16.2. The maximum absolute atomic E-state index is 9.07. The first kappa shape index (κ1) is 15.2. The molecule has 0 aliphatic carbocycles. The maximum atomic E-state index is 9.07. The van der Waals surface area contributed by atoms with Gasteiger partial charge < -0.3 is 24.6 Å². The standard InChI is InChI=1S/C17H21N5O2/c1-21-7-9-22(10-8-21)16-15-14(19-17(20-16)18-6-11-23)12-4-2-3-5-13(12)24-15/h2-5,23H,6-11H2,1H3,(H,18,19,20). The van der Waals surface area contributed by atoms with Crippen LogP contribution in [0.25, 0.3) is 22.1 Å². The zero-order valence-corrected chi connectivity index (χ0v) is 13.7. The number of hydrogen-bond donors (Lipinski definition) is 2. The van der Waals surface area contributed by atoms with Gasteiger partial charge in [-0.2, -0.15) is 4.98 Å². The molecule has 1 saturated heterocycles. The Bertz CT molecular complexity index is 855. The van der Waals surface area contributed by atoms with Gasteiger partial charge in [-0.05, 0) is 19.2 Å². The van der Waals surface area contributed by atoms with Crippen molar-refractivity contribution in [2.45, 2.75) is 0 Å². The van der Waals surface area contributed by atoms with Crippen LogP contribution in [0, 0.1) is 0 Å². The molecule has 7 nitrogen and oxygen atoms in total. The minimum absolute atomic E-state index is 0.0391. The maximum Gasteiger partial charge on any atom is 0.225 e. The third kappa shape index (κ3) is 2.65. The molecule has 0 bridgehead atoms. The highest BCUT2D eigenvalue weighted by molar-refractivity contribution is 6.06. The molecule has 4 rings (SSSR count). The first-order chi connectivity index (χ1) is 11.8. The highest BCUT2D eigenvalue weighted by atomic mass is 16.3. The van der Waals surface area contributed by atoms with Crippen LogP contribution in [-0.4, -0.2) is 66.4 Å². The fourth-order valence-electron chi connectivity index (χ4n) is 3.06. The predicted molar refractivity (Wildman–Crippen MR) is 94.6 cm³/mol. The molecule has 1 aliphatic rings. The first-order valence-electron chi connectivity index (χ1n) is 8.24. The van der Waals surface area contributed by atoms with Crippen molar-refractivity contribution < 1.29 is 9.52 Å². The fraction of sp³-hybridized carbons (Fsp3) is 0.412. The van der Waals surface area contributed by atoms with Gasteiger partial charge >= 0.3 is 0 Å². The molecule has 0 unspecified atom stereocenters. The van der Waals surface area contributed by atoms with Gasteiger partial charge in [0.1, 0.15) is 11.1 Å². The van der Waals surface area contributed by atoms with Gasteiger partial charge in [0.2, 0.25) is 5.95 Å². The number of para-hydroxylation sites is 1. The number of benzene rings is 1. The lowest BCUT2D eigenvalue weighted by Gasteiger charge is -2.33. The zero-order chi connectivity index (χ0) is 16.5. The highest BCUT2D eigenvalue weighted by Gasteiger charge is 2.22. The second kappa shape index (κ2) is 6.26. The Balaban J connectivity index is 1.85. The quantitative estimate of drug-likeness (QED) is 0.752. The summed E-state index contributed by atoms with van der Waals surface area (Å²) in [6.07, 6.45) is 0. The second-order valence-electron chi connectivity index (χ2n) is 6.09. The fourth-order valence-corrected chi connectivity index (χ4v) is 3.06. The van der Waals surface area contributed by atoms with Crippen LogP contribution in [0.1, 0.15) is 0 Å². The number of nitrogens with one attached hydrogen (secondary N) is 1. The number of anilines is 2. The minimum Gasteiger partial charge on any atom is -0.450 e. The van der Waals surface area contributed by atoms with Crippen molar-refractivity contribution >= 4 is 33.8 Å². The molecule has 1 aromatic carbocycles. The van der Waals surface area contributed by atoms with Crippen molar-refractivity contribution in [1.29, 1.82) is 0 Å². The van der Waals surface area contributed by atoms with Crippen molar-refractivity contribution in [3.8, 4) is 0 Å². The topological polar surface area (TPSA) is 77.7 Å². The van der Waals surface area contributed by atoms with Crippen molar-refractivity contribution in [2.24, 2.45) is 0 Å². The number of rotatable bonds is 4. The summed E-state index contributed by atoms with van der Waals surface area (Å²) < 4.78 is 6.07. The number of fused-ring (bicyclic) bond motifs is 3. The summed E-state index contributed by atoms with van der Waals surface area (Å²) in [5, 5.41) is 13.1. The summed E-state index contributed by atoms with van der Waals surface area (Å²) >= 11 is 0. The molecule has 2 N–H and O–H groups in total. The molecule has 1 aliphatic heterocycles. The lowest BCUT2D eigenvalue weighted by Crippen LogP contribution is -2.45. The molecule has 3 aromatic rings. The molecule has 0 atom stereocenters. The number of hydrogen-bond acceptors (Lipinski definition) is 7. The molecule has 0 radical (unpaired) electrons. The third-order valence-corrected chi connectivity index (χ3v) is 4.40. The molecular weight excluding hydrogens is 306 g/mol. The van der Waals surface area contributed by atoms with Gasteiger partial charge in [-0.1, -0.05) is 12.1 Å². The lowest BCUT2D eigenvalue weighted by molar-refractivity contribution is 0.310. The van der Waals surface area contributed by atoms with Gasteiger partial charge in [0.05, 0.1) is 6.61 Å². The summed E-state index contributed by atoms with van der Waals surface area (Å²) in [4.78, 5) is 13.8. The summed E-state index contributed by atoms with van der Waals surface area (Å²) in [6.45, 7) is 4.25. The summed E-state index contributed by atoms with van der Waals surface area (Å²) in [7, 11) is 2.13. The van der Waals surface area contributed by atoms with Gasteiger partial charge in [0, 0.05) is 38.1 Å². The molecular formula is C17H21N5O2. The number of furan rings is 1. The van der Waals surface area contributed by atoms with E-state index in [1.54, 1.807) is 0 Å². The van der Waals surface area contributed by atoms with E-state index < -0.39 is 0 Å². The van der Waals surface area contributed by atoms with Crippen LogP contribution in [0.2, 0.25) is 0 Å². The van der Waals surface area contributed by atoms with Crippen LogP contribution in [0.5, 0.6) is 0 Å². The zero-order valence-electron chi connectivity index (χ0n) is 13.7. The molecule has 0 amide bonds. The molecule has 0 spiro atoms. The smallest absolute Gasteiger partial charge is 0.225 e. The number of nitrogens with zero attached hydrogens (tertiary/aromatic N) is 4. The molecule has 2 aromatic heterocycles. The van der Waals surface area contributed by atoms with Crippen LogP contribution >= 0.6 is 0 Å². The lowest BCUT2D eigenvalue weighted by atomic mass is 10.2. The Hall–Kier alpha value is -2.38. The second-order valence-corrected chi connectivity index (χ2v) is 6.09. The SMILES string of the molecule is CN1CCN(c2nc(NCCO)nc3c2oc2ccccc23)CC1. The van der Waals surface area contributed by atoms with E-state index in [9.17, 15) is 0 Å². The Morgan fingerprint density at radius 2 is 1.96 bits per heavy atom. The van der Waals surface area contributed by atoms with E-state index in [4.69, 9.17) is 9.52 Å². The molecule has 7 heteroatoms. The van der Waals surface area contributed by atoms with E-state index in [2.05, 4.69) is 32.1 Å². The number of piperazine rings is 1. The molecule has 0 saturated carbocycles. The predicted octanol–water partition coefficient (Wildman–Crippen LogP) is 1.53. The summed E-state index contributed by atoms with van der Waals surface area (Å²) in [6, 6.07) is 7.90. The van der Waals surface area contributed by atoms with Crippen molar-refractivity contribution in [3.63, 3.8) is 0 Å². The summed E-state index contributed by atoms with van der Waals surface area (Å²) in [5.41, 5.74) is 2.36. The van der Waals surface area contributed by atoms with Crippen molar-refractivity contribution in [1.82, 2.24) is 14.9 Å². The molecule has 3 heterocycles. The van der Waals surface area contributed by atoms with Crippen LogP contribution in [0.3, 0.4) is 0 Å². The Morgan fingerprint density at radius 3 is 2.75 bits per heavy atom. The first-order valence-corrected chi connectivity index (χ1v) is 8.24. The molecule has 1 fully saturated rings. The van der Waals surface area contributed by atoms with Crippen LogP contribution in [0.4, 0.5) is 11.8 Å². The number of likely N-dealkylation sites (N-methyl/N-ethyl adjacent to an activating group) is 1. The van der Waals surface area contributed by atoms with E-state index in [0.29, 0.717) is 12.5 Å². The van der Waals surface area contributed by atoms with Gasteiger partial charge in [-0.15, -0.1) is 0 Å². The number of aliphatic hydroxyl groups is 1. The monoisotopic (exact) mass is 327 g/mol. The van der Waals surface area contributed by atoms with Crippen molar-refractivity contribution in [3.05, 3.63) is 24.3 Å². The third-order valence-electron chi connectivity index (χ3n) is 4.40. The van der Waals surface area contributed by atoms with Gasteiger partial charge in [-0.3, -0.25) is 0 Å². The van der Waals surface area contributed by atoms with Gasteiger partial charge in [0.25, 0.3) is 0 Å². The molecule has 24 heavy (non-hydrogen) atoms. The Labute approximate surface area is 139 Å². The van der Waals surface area contributed by atoms with E-state index in [1.165, 1.54) is 0 Å². The van der Waals surface area contributed by atoms with Gasteiger partial charge in [-0.25, -0.2) is 4.98 Å². The van der Waals surface area contributed by atoms with E-state index in [1.807, 2.05) is 24.3 Å². The van der Waals surface area contributed by atoms with Crippen LogP contribution in [0.15, 0.2) is 28.7 Å². The summed E-state index contributed by atoms with van der Waals surface area (Å²) in [5.74, 6) is 1.35. The van der Waals surface area contributed by atoms with E-state index >= 15 is 0 Å². The average molecular weight is 327 g/mol. The highest BCUT2D eigenvalue weighted by Crippen LogP contribution is 2.34. The minimum atomic E-state index is 0.0391. The van der Waals surface area contributed by atoms with Gasteiger partial charge in [0.15, 0.2) is 11.4 Å². The van der Waals surface area contributed by atoms with Crippen LogP contribution in [-0.2, 0) is 0 Å².